The van der Waals surface area contributed by atoms with E-state index in [0.29, 0.717) is 12.2 Å². The number of pyridine rings is 1. The topological polar surface area (TPSA) is 68.5 Å². The number of hydrogen-bond donors (Lipinski definition) is 1. The Morgan fingerprint density at radius 1 is 1.61 bits per heavy atom. The van der Waals surface area contributed by atoms with Gasteiger partial charge in [-0.05, 0) is 31.4 Å². The fourth-order valence-electron chi connectivity index (χ4n) is 2.38. The highest BCUT2D eigenvalue weighted by molar-refractivity contribution is 5.74. The number of nitrogens with two attached hydrogens (primary N) is 1. The van der Waals surface area contributed by atoms with Crippen molar-refractivity contribution in [2.45, 2.75) is 19.8 Å². The Kier molecular flexibility index (Phi) is 3.69. The molecule has 5 nitrogen and oxygen atoms in total. The lowest BCUT2D eigenvalue weighted by Gasteiger charge is -2.32. The number of nitrogens with zero attached hydrogens (tertiary/aromatic N) is 2. The summed E-state index contributed by atoms with van der Waals surface area (Å²) in [4.78, 5) is 18.0. The number of nitrogen functional groups attached to an aromatic ring is 1. The molecule has 1 unspecified atom stereocenters. The molecule has 1 aromatic heterocycles. The van der Waals surface area contributed by atoms with Crippen molar-refractivity contribution in [1.29, 1.82) is 0 Å². The van der Waals surface area contributed by atoms with E-state index in [-0.39, 0.29) is 11.9 Å². The smallest absolute Gasteiger partial charge is 0.310 e. The van der Waals surface area contributed by atoms with E-state index in [1.165, 1.54) is 7.11 Å². The molecule has 0 aliphatic carbocycles. The molecule has 1 atom stereocenters. The minimum Gasteiger partial charge on any atom is -0.469 e. The van der Waals surface area contributed by atoms with Gasteiger partial charge in [-0.1, -0.05) is 0 Å². The van der Waals surface area contributed by atoms with Gasteiger partial charge >= 0.3 is 5.97 Å². The minimum atomic E-state index is -0.148. The third-order valence-electron chi connectivity index (χ3n) is 3.29. The molecular weight excluding hydrogens is 230 g/mol. The van der Waals surface area contributed by atoms with Crippen molar-refractivity contribution >= 4 is 17.5 Å². The number of esters is 1. The van der Waals surface area contributed by atoms with Gasteiger partial charge in [0.1, 0.15) is 0 Å². The summed E-state index contributed by atoms with van der Waals surface area (Å²) in [6.07, 6.45) is 3.62. The van der Waals surface area contributed by atoms with Crippen molar-refractivity contribution in [2.75, 3.05) is 30.8 Å². The Labute approximate surface area is 107 Å². The number of carbonyl (C=O) groups excluding carboxylic acids is 1. The standard InChI is InChI=1S/C13H19N3O2/c1-9-6-11(14)12(15-7-9)16-5-3-4-10(8-16)13(17)18-2/h6-7,10H,3-5,8,14H2,1-2H3. The molecule has 5 heteroatoms. The average Bonchev–Trinajstić information content (AvgIpc) is 2.38. The predicted molar refractivity (Wildman–Crippen MR) is 70.3 cm³/mol. The zero-order valence-corrected chi connectivity index (χ0v) is 10.8. The zero-order chi connectivity index (χ0) is 13.1. The molecule has 2 heterocycles. The van der Waals surface area contributed by atoms with Crippen LogP contribution < -0.4 is 10.6 Å². The van der Waals surface area contributed by atoms with E-state index in [1.54, 1.807) is 6.20 Å². The molecular formula is C13H19N3O2. The van der Waals surface area contributed by atoms with Crippen molar-refractivity contribution in [3.8, 4) is 0 Å². The lowest BCUT2D eigenvalue weighted by atomic mass is 9.98. The van der Waals surface area contributed by atoms with Gasteiger partial charge in [0.25, 0.3) is 0 Å². The Bertz CT molecular complexity index is 448. The Morgan fingerprint density at radius 2 is 2.39 bits per heavy atom. The van der Waals surface area contributed by atoms with Crippen LogP contribution in [0.4, 0.5) is 11.5 Å². The largest absolute Gasteiger partial charge is 0.469 e. The van der Waals surface area contributed by atoms with E-state index in [1.807, 2.05) is 13.0 Å². The first-order valence-corrected chi connectivity index (χ1v) is 6.16. The van der Waals surface area contributed by atoms with Gasteiger partial charge in [0.2, 0.25) is 0 Å². The molecule has 0 amide bonds. The number of carbonyl (C=O) groups is 1. The first-order valence-electron chi connectivity index (χ1n) is 6.16. The summed E-state index contributed by atoms with van der Waals surface area (Å²) in [5, 5.41) is 0. The van der Waals surface area contributed by atoms with Crippen molar-refractivity contribution in [3.05, 3.63) is 17.8 Å². The first kappa shape index (κ1) is 12.7. The number of anilines is 2. The third-order valence-corrected chi connectivity index (χ3v) is 3.29. The summed E-state index contributed by atoms with van der Waals surface area (Å²) in [6, 6.07) is 1.91. The second-order valence-electron chi connectivity index (χ2n) is 4.73. The van der Waals surface area contributed by atoms with Gasteiger partial charge in [-0.25, -0.2) is 4.98 Å². The van der Waals surface area contributed by atoms with Gasteiger partial charge in [-0.15, -0.1) is 0 Å². The molecule has 0 spiro atoms. The lowest BCUT2D eigenvalue weighted by Crippen LogP contribution is -2.40. The number of piperidine rings is 1. The molecule has 98 valence electrons. The molecule has 1 saturated heterocycles. The second-order valence-corrected chi connectivity index (χ2v) is 4.73. The van der Waals surface area contributed by atoms with E-state index in [9.17, 15) is 4.79 Å². The van der Waals surface area contributed by atoms with E-state index in [4.69, 9.17) is 10.5 Å². The van der Waals surface area contributed by atoms with E-state index in [0.717, 1.165) is 30.8 Å². The van der Waals surface area contributed by atoms with Crippen LogP contribution in [0, 0.1) is 12.8 Å². The molecule has 18 heavy (non-hydrogen) atoms. The van der Waals surface area contributed by atoms with Crippen molar-refractivity contribution in [3.63, 3.8) is 0 Å². The number of methoxy groups -OCH3 is 1. The molecule has 2 N–H and O–H groups in total. The fraction of sp³-hybridized carbons (Fsp3) is 0.538. The van der Waals surface area contributed by atoms with Crippen LogP contribution in [0.3, 0.4) is 0 Å². The number of aryl methyl sites for hydroxylation is 1. The van der Waals surface area contributed by atoms with Crippen molar-refractivity contribution in [2.24, 2.45) is 5.92 Å². The van der Waals surface area contributed by atoms with Gasteiger partial charge in [-0.2, -0.15) is 0 Å². The molecule has 1 aliphatic heterocycles. The van der Waals surface area contributed by atoms with Crippen LogP contribution in [0.2, 0.25) is 0 Å². The van der Waals surface area contributed by atoms with Gasteiger partial charge in [0.05, 0.1) is 18.7 Å². The van der Waals surface area contributed by atoms with Gasteiger partial charge in [0.15, 0.2) is 5.82 Å². The van der Waals surface area contributed by atoms with Gasteiger partial charge < -0.3 is 15.4 Å². The minimum absolute atomic E-state index is 0.0775. The molecule has 1 fully saturated rings. The SMILES string of the molecule is COC(=O)C1CCCN(c2ncc(C)cc2N)C1. The third kappa shape index (κ3) is 2.55. The van der Waals surface area contributed by atoms with Gasteiger partial charge in [0, 0.05) is 19.3 Å². The highest BCUT2D eigenvalue weighted by Gasteiger charge is 2.27. The summed E-state index contributed by atoms with van der Waals surface area (Å²) < 4.78 is 4.81. The maximum Gasteiger partial charge on any atom is 0.310 e. The molecule has 0 bridgehead atoms. The summed E-state index contributed by atoms with van der Waals surface area (Å²) in [7, 11) is 1.43. The Hall–Kier alpha value is -1.78. The summed E-state index contributed by atoms with van der Waals surface area (Å²) >= 11 is 0. The predicted octanol–water partition coefficient (Wildman–Crippen LogP) is 1.36. The van der Waals surface area contributed by atoms with Crippen LogP contribution in [0.15, 0.2) is 12.3 Å². The first-order chi connectivity index (χ1) is 8.61. The molecule has 0 aromatic carbocycles. The van der Waals surface area contributed by atoms with Crippen LogP contribution in [0.25, 0.3) is 0 Å². The summed E-state index contributed by atoms with van der Waals surface area (Å²) in [5.74, 6) is 0.547. The quantitative estimate of drug-likeness (QED) is 0.801. The maximum absolute atomic E-state index is 11.6. The van der Waals surface area contributed by atoms with E-state index in [2.05, 4.69) is 9.88 Å². The highest BCUT2D eigenvalue weighted by Crippen LogP contribution is 2.26. The summed E-state index contributed by atoms with van der Waals surface area (Å²) in [5.41, 5.74) is 7.69. The van der Waals surface area contributed by atoms with Crippen LogP contribution in [0.1, 0.15) is 18.4 Å². The Balaban J connectivity index is 2.15. The highest BCUT2D eigenvalue weighted by atomic mass is 16.5. The fourth-order valence-corrected chi connectivity index (χ4v) is 2.38. The van der Waals surface area contributed by atoms with Crippen LogP contribution in [0.5, 0.6) is 0 Å². The molecule has 0 radical (unpaired) electrons. The van der Waals surface area contributed by atoms with Crippen molar-refractivity contribution < 1.29 is 9.53 Å². The molecule has 1 aromatic rings. The number of ether oxygens (including phenoxy) is 1. The average molecular weight is 249 g/mol. The van der Waals surface area contributed by atoms with E-state index < -0.39 is 0 Å². The summed E-state index contributed by atoms with van der Waals surface area (Å²) in [6.45, 7) is 3.47. The second kappa shape index (κ2) is 5.25. The normalized spacial score (nSPS) is 19.7. The molecule has 2 rings (SSSR count). The van der Waals surface area contributed by atoms with Crippen LogP contribution >= 0.6 is 0 Å². The number of rotatable bonds is 2. The molecule has 0 saturated carbocycles. The molecule has 1 aliphatic rings. The van der Waals surface area contributed by atoms with Crippen LogP contribution in [-0.2, 0) is 9.53 Å². The van der Waals surface area contributed by atoms with E-state index >= 15 is 0 Å². The van der Waals surface area contributed by atoms with Crippen molar-refractivity contribution in [1.82, 2.24) is 4.98 Å². The zero-order valence-electron chi connectivity index (χ0n) is 10.8. The Morgan fingerprint density at radius 3 is 3.06 bits per heavy atom. The maximum atomic E-state index is 11.6. The lowest BCUT2D eigenvalue weighted by molar-refractivity contribution is -0.145. The number of aromatic nitrogens is 1. The van der Waals surface area contributed by atoms with Gasteiger partial charge in [-0.3, -0.25) is 4.79 Å². The monoisotopic (exact) mass is 249 g/mol. The number of hydrogen-bond acceptors (Lipinski definition) is 5. The van der Waals surface area contributed by atoms with Crippen LogP contribution in [-0.4, -0.2) is 31.2 Å².